The van der Waals surface area contributed by atoms with Crippen LogP contribution in [0.4, 0.5) is 13.2 Å². The molecule has 0 bridgehead atoms. The maximum atomic E-state index is 12.6. The molecule has 0 aliphatic carbocycles. The van der Waals surface area contributed by atoms with Gasteiger partial charge in [0.1, 0.15) is 11.0 Å². The molecule has 1 aromatic heterocycles. The van der Waals surface area contributed by atoms with Crippen molar-refractivity contribution in [2.75, 3.05) is 6.54 Å². The normalized spacial score (nSPS) is 22.2. The van der Waals surface area contributed by atoms with E-state index in [-0.39, 0.29) is 12.4 Å². The molecule has 2 heterocycles. The number of nitrogens with zero attached hydrogens (tertiary/aromatic N) is 1. The Morgan fingerprint density at radius 3 is 2.79 bits per heavy atom. The third kappa shape index (κ3) is 2.81. The second-order valence-corrected chi connectivity index (χ2v) is 5.76. The van der Waals surface area contributed by atoms with Crippen molar-refractivity contribution in [1.29, 1.82) is 0 Å². The fourth-order valence-electron chi connectivity index (χ4n) is 1.58. The van der Waals surface area contributed by atoms with Crippen molar-refractivity contribution in [3.05, 3.63) is 17.8 Å². The van der Waals surface area contributed by atoms with Crippen LogP contribution in [0.1, 0.15) is 18.9 Å². The standard InChI is InChI=1S/C10H11F3N2O3S/c1-2-7-5-15-19(16,17)8-3-6(10(11,12)13)4-14-9(8)18-7/h3-4,7,15H,2,5H2,1H3/t7-/m1/s1. The third-order valence-corrected chi connectivity index (χ3v) is 4.09. The minimum atomic E-state index is -4.66. The summed E-state index contributed by atoms with van der Waals surface area (Å²) in [6.07, 6.45) is -4.05. The second kappa shape index (κ2) is 4.64. The molecule has 1 N–H and O–H groups in total. The lowest BCUT2D eigenvalue weighted by atomic mass is 10.2. The minimum Gasteiger partial charge on any atom is -0.472 e. The summed E-state index contributed by atoms with van der Waals surface area (Å²) in [5, 5.41) is 0. The van der Waals surface area contributed by atoms with Gasteiger partial charge in [0.2, 0.25) is 15.9 Å². The van der Waals surface area contributed by atoms with Crippen molar-refractivity contribution in [2.24, 2.45) is 0 Å². The highest BCUT2D eigenvalue weighted by atomic mass is 32.2. The number of rotatable bonds is 1. The summed E-state index contributed by atoms with van der Waals surface area (Å²) >= 11 is 0. The van der Waals surface area contributed by atoms with Gasteiger partial charge in [-0.3, -0.25) is 0 Å². The molecule has 0 fully saturated rings. The summed E-state index contributed by atoms with van der Waals surface area (Å²) < 4.78 is 68.8. The second-order valence-electron chi connectivity index (χ2n) is 4.03. The first-order chi connectivity index (χ1) is 8.74. The SMILES string of the molecule is CC[C@@H]1CNS(=O)(=O)c2cc(C(F)(F)F)cnc2O1. The number of pyridine rings is 1. The predicted molar refractivity (Wildman–Crippen MR) is 59.1 cm³/mol. The maximum absolute atomic E-state index is 12.6. The number of hydrogen-bond donors (Lipinski definition) is 1. The number of aromatic nitrogens is 1. The van der Waals surface area contributed by atoms with Crippen LogP contribution in [-0.2, 0) is 16.2 Å². The van der Waals surface area contributed by atoms with Gasteiger partial charge in [-0.2, -0.15) is 13.2 Å². The van der Waals surface area contributed by atoms with Gasteiger partial charge in [-0.15, -0.1) is 0 Å². The highest BCUT2D eigenvalue weighted by Crippen LogP contribution is 2.33. The van der Waals surface area contributed by atoms with E-state index in [4.69, 9.17) is 4.74 Å². The van der Waals surface area contributed by atoms with Crippen LogP contribution < -0.4 is 9.46 Å². The van der Waals surface area contributed by atoms with E-state index in [0.29, 0.717) is 18.7 Å². The van der Waals surface area contributed by atoms with Crippen LogP contribution in [0.15, 0.2) is 17.2 Å². The van der Waals surface area contributed by atoms with Crippen LogP contribution in [0.5, 0.6) is 5.88 Å². The molecule has 1 atom stereocenters. The molecule has 0 unspecified atom stereocenters. The summed E-state index contributed by atoms with van der Waals surface area (Å²) in [6, 6.07) is 0.530. The lowest BCUT2D eigenvalue weighted by molar-refractivity contribution is -0.138. The zero-order valence-corrected chi connectivity index (χ0v) is 10.7. The Hall–Kier alpha value is -1.35. The average Bonchev–Trinajstić information content (AvgIpc) is 2.45. The molecule has 5 nitrogen and oxygen atoms in total. The van der Waals surface area contributed by atoms with Gasteiger partial charge in [0.25, 0.3) is 0 Å². The smallest absolute Gasteiger partial charge is 0.417 e. The molecule has 1 aliphatic heterocycles. The molecular formula is C10H11F3N2O3S. The van der Waals surface area contributed by atoms with E-state index in [9.17, 15) is 21.6 Å². The topological polar surface area (TPSA) is 68.3 Å². The number of fused-ring (bicyclic) bond motifs is 1. The van der Waals surface area contributed by atoms with Crippen molar-refractivity contribution in [3.8, 4) is 5.88 Å². The van der Waals surface area contributed by atoms with Crippen LogP contribution in [0.25, 0.3) is 0 Å². The first kappa shape index (κ1) is 14.1. The predicted octanol–water partition coefficient (Wildman–Crippen LogP) is 1.55. The van der Waals surface area contributed by atoms with Gasteiger partial charge in [-0.25, -0.2) is 18.1 Å². The van der Waals surface area contributed by atoms with Gasteiger partial charge in [-0.05, 0) is 12.5 Å². The van der Waals surface area contributed by atoms with Gasteiger partial charge in [0, 0.05) is 12.7 Å². The molecule has 0 aromatic carbocycles. The molecule has 0 spiro atoms. The van der Waals surface area contributed by atoms with Crippen molar-refractivity contribution in [1.82, 2.24) is 9.71 Å². The summed E-state index contributed by atoms with van der Waals surface area (Å²) in [5.41, 5.74) is -1.13. The molecule has 106 valence electrons. The number of sulfonamides is 1. The van der Waals surface area contributed by atoms with E-state index in [1.165, 1.54) is 0 Å². The highest BCUT2D eigenvalue weighted by Gasteiger charge is 2.35. The molecule has 0 saturated heterocycles. The third-order valence-electron chi connectivity index (χ3n) is 2.67. The summed E-state index contributed by atoms with van der Waals surface area (Å²) in [6.45, 7) is 1.77. The van der Waals surface area contributed by atoms with Crippen LogP contribution in [0.3, 0.4) is 0 Å². The lowest BCUT2D eigenvalue weighted by Crippen LogP contribution is -2.31. The number of ether oxygens (including phenoxy) is 1. The molecule has 1 aromatic rings. The van der Waals surface area contributed by atoms with Gasteiger partial charge in [0.15, 0.2) is 0 Å². The molecule has 0 amide bonds. The van der Waals surface area contributed by atoms with E-state index in [0.717, 1.165) is 0 Å². The fourth-order valence-corrected chi connectivity index (χ4v) is 2.75. The Bertz CT molecular complexity index is 586. The van der Waals surface area contributed by atoms with Gasteiger partial charge in [-0.1, -0.05) is 6.92 Å². The summed E-state index contributed by atoms with van der Waals surface area (Å²) in [5.74, 6) is -0.301. The first-order valence-electron chi connectivity index (χ1n) is 5.47. The van der Waals surface area contributed by atoms with Crippen LogP contribution in [0.2, 0.25) is 0 Å². The molecule has 1 aliphatic rings. The van der Waals surface area contributed by atoms with Crippen molar-refractivity contribution < 1.29 is 26.3 Å². The van der Waals surface area contributed by atoms with Gasteiger partial charge < -0.3 is 4.74 Å². The molecule has 9 heteroatoms. The number of hydrogen-bond acceptors (Lipinski definition) is 4. The number of alkyl halides is 3. The maximum Gasteiger partial charge on any atom is 0.417 e. The summed E-state index contributed by atoms with van der Waals surface area (Å²) in [4.78, 5) is 2.89. The molecule has 19 heavy (non-hydrogen) atoms. The van der Waals surface area contributed by atoms with Crippen LogP contribution >= 0.6 is 0 Å². The Morgan fingerprint density at radius 1 is 1.53 bits per heavy atom. The average molecular weight is 296 g/mol. The van der Waals surface area contributed by atoms with Crippen LogP contribution in [0, 0.1) is 0 Å². The monoisotopic (exact) mass is 296 g/mol. The molecule has 0 radical (unpaired) electrons. The van der Waals surface area contributed by atoms with Gasteiger partial charge >= 0.3 is 6.18 Å². The highest BCUT2D eigenvalue weighted by molar-refractivity contribution is 7.89. The Balaban J connectivity index is 2.55. The number of halogens is 3. The fraction of sp³-hybridized carbons (Fsp3) is 0.500. The molecule has 2 rings (SSSR count). The van der Waals surface area contributed by atoms with Crippen molar-refractivity contribution in [2.45, 2.75) is 30.5 Å². The first-order valence-corrected chi connectivity index (χ1v) is 6.96. The quantitative estimate of drug-likeness (QED) is 0.853. The summed E-state index contributed by atoms with van der Waals surface area (Å²) in [7, 11) is -4.04. The largest absolute Gasteiger partial charge is 0.472 e. The molecular weight excluding hydrogens is 285 g/mol. The van der Waals surface area contributed by atoms with E-state index >= 15 is 0 Å². The lowest BCUT2D eigenvalue weighted by Gasteiger charge is -2.13. The van der Waals surface area contributed by atoms with E-state index in [2.05, 4.69) is 9.71 Å². The Labute approximate surface area is 107 Å². The van der Waals surface area contributed by atoms with Gasteiger partial charge in [0.05, 0.1) is 5.56 Å². The van der Waals surface area contributed by atoms with E-state index in [1.54, 1.807) is 6.92 Å². The van der Waals surface area contributed by atoms with Crippen LogP contribution in [-0.4, -0.2) is 26.1 Å². The Kier molecular flexibility index (Phi) is 3.43. The zero-order valence-electron chi connectivity index (χ0n) is 9.86. The molecule has 0 saturated carbocycles. The number of nitrogens with one attached hydrogen (secondary N) is 1. The van der Waals surface area contributed by atoms with Crippen molar-refractivity contribution in [3.63, 3.8) is 0 Å². The zero-order chi connectivity index (χ0) is 14.3. The van der Waals surface area contributed by atoms with E-state index < -0.39 is 32.8 Å². The minimum absolute atomic E-state index is 0.00343. The van der Waals surface area contributed by atoms with Crippen molar-refractivity contribution >= 4 is 10.0 Å². The Morgan fingerprint density at radius 2 is 2.21 bits per heavy atom. The van der Waals surface area contributed by atoms with E-state index in [1.807, 2.05) is 0 Å².